The molecule has 0 spiro atoms. The van der Waals surface area contributed by atoms with E-state index in [1.807, 2.05) is 61.6 Å². The highest BCUT2D eigenvalue weighted by molar-refractivity contribution is 8.19. The van der Waals surface area contributed by atoms with Crippen molar-refractivity contribution >= 4 is 47.2 Å². The van der Waals surface area contributed by atoms with Crippen LogP contribution in [0.25, 0.3) is 0 Å². The van der Waals surface area contributed by atoms with Gasteiger partial charge in [0.25, 0.3) is 5.91 Å². The van der Waals surface area contributed by atoms with E-state index < -0.39 is 0 Å². The van der Waals surface area contributed by atoms with Crippen LogP contribution in [0, 0.1) is 0 Å². The molecule has 1 aliphatic heterocycles. The van der Waals surface area contributed by atoms with E-state index in [0.29, 0.717) is 45.6 Å². The summed E-state index contributed by atoms with van der Waals surface area (Å²) in [6.45, 7) is 4.58. The predicted molar refractivity (Wildman–Crippen MR) is 129 cm³/mol. The highest BCUT2D eigenvalue weighted by Gasteiger charge is 2.18. The first kappa shape index (κ1) is 23.6. The van der Waals surface area contributed by atoms with Crippen LogP contribution in [0.1, 0.15) is 29.6 Å². The number of hydrogen-bond donors (Lipinski definition) is 1. The maximum Gasteiger partial charge on any atom is 0.277 e. The van der Waals surface area contributed by atoms with Crippen LogP contribution in [-0.4, -0.2) is 43.4 Å². The molecule has 166 valence electrons. The van der Waals surface area contributed by atoms with Crippen molar-refractivity contribution in [2.24, 2.45) is 5.10 Å². The van der Waals surface area contributed by atoms with E-state index in [9.17, 15) is 4.79 Å². The molecule has 0 aromatic heterocycles. The summed E-state index contributed by atoms with van der Waals surface area (Å²) in [6, 6.07) is 11.3. The maximum absolute atomic E-state index is 12.0. The number of carbonyl (C=O) groups is 1. The van der Waals surface area contributed by atoms with Crippen LogP contribution in [0.4, 0.5) is 0 Å². The Morgan fingerprint density at radius 2 is 1.84 bits per heavy atom. The Bertz CT molecular complexity index is 903. The van der Waals surface area contributed by atoms with Crippen molar-refractivity contribution in [1.82, 2.24) is 5.43 Å². The smallest absolute Gasteiger partial charge is 0.277 e. The summed E-state index contributed by atoms with van der Waals surface area (Å²) in [5, 5.41) is 4.39. The Hall–Kier alpha value is -2.03. The number of benzene rings is 2. The van der Waals surface area contributed by atoms with Crippen LogP contribution in [0.15, 0.2) is 41.5 Å². The first-order valence-corrected chi connectivity index (χ1v) is 12.4. The first-order valence-electron chi connectivity index (χ1n) is 9.97. The van der Waals surface area contributed by atoms with E-state index in [2.05, 4.69) is 10.5 Å². The Balaban J connectivity index is 1.51. The third-order valence-corrected chi connectivity index (χ3v) is 7.55. The zero-order chi connectivity index (χ0) is 22.1. The van der Waals surface area contributed by atoms with E-state index in [1.165, 1.54) is 23.3 Å². The molecule has 2 aromatic rings. The zero-order valence-corrected chi connectivity index (χ0v) is 19.8. The number of rotatable bonds is 10. The standard InChI is InChI=1S/C22H25ClN2O4S2/c1-3-27-19-12-15(11-18(23)21(19)28-4-2)13-24-25-20(26)14-29-17-7-5-16(6-8-17)22-30-9-10-31-22/h5-8,11-13,22H,3-4,9-10,14H2,1-2H3,(H,25,26)/b24-13-. The first-order chi connectivity index (χ1) is 15.1. The van der Waals surface area contributed by atoms with Crippen molar-refractivity contribution in [3.8, 4) is 17.2 Å². The van der Waals surface area contributed by atoms with Crippen LogP contribution >= 0.6 is 35.1 Å². The molecule has 0 aliphatic carbocycles. The van der Waals surface area contributed by atoms with Gasteiger partial charge in [-0.2, -0.15) is 5.10 Å². The highest BCUT2D eigenvalue weighted by atomic mass is 35.5. The molecule has 1 N–H and O–H groups in total. The van der Waals surface area contributed by atoms with Gasteiger partial charge in [-0.1, -0.05) is 23.7 Å². The molecular formula is C22H25ClN2O4S2. The van der Waals surface area contributed by atoms with Crippen LogP contribution in [-0.2, 0) is 4.79 Å². The van der Waals surface area contributed by atoms with Gasteiger partial charge in [0.2, 0.25) is 0 Å². The second-order valence-electron chi connectivity index (χ2n) is 6.42. The summed E-state index contributed by atoms with van der Waals surface area (Å²) in [4.78, 5) is 12.0. The minimum atomic E-state index is -0.357. The SMILES string of the molecule is CCOc1cc(/C=N\NC(=O)COc2ccc(C3SCCS3)cc2)cc(Cl)c1OCC. The summed E-state index contributed by atoms with van der Waals surface area (Å²) < 4.78 is 17.2. The molecule has 1 aliphatic rings. The predicted octanol–water partition coefficient (Wildman–Crippen LogP) is 5.15. The number of amides is 1. The molecule has 0 radical (unpaired) electrons. The summed E-state index contributed by atoms with van der Waals surface area (Å²) in [6.07, 6.45) is 1.49. The minimum Gasteiger partial charge on any atom is -0.490 e. The van der Waals surface area contributed by atoms with Crippen molar-refractivity contribution in [2.75, 3.05) is 31.3 Å². The van der Waals surface area contributed by atoms with Crippen molar-refractivity contribution in [1.29, 1.82) is 0 Å². The quantitative estimate of drug-likeness (QED) is 0.375. The maximum atomic E-state index is 12.0. The van der Waals surface area contributed by atoms with Gasteiger partial charge < -0.3 is 14.2 Å². The van der Waals surface area contributed by atoms with Gasteiger partial charge in [0.15, 0.2) is 18.1 Å². The third kappa shape index (κ3) is 6.98. The second-order valence-corrected chi connectivity index (χ2v) is 9.55. The second kappa shape index (κ2) is 12.1. The molecule has 2 aromatic carbocycles. The lowest BCUT2D eigenvalue weighted by atomic mass is 10.2. The number of nitrogens with zero attached hydrogens (tertiary/aromatic N) is 1. The normalized spacial score (nSPS) is 14.0. The van der Waals surface area contributed by atoms with Gasteiger partial charge in [0, 0.05) is 11.5 Å². The minimum absolute atomic E-state index is 0.127. The van der Waals surface area contributed by atoms with E-state index in [-0.39, 0.29) is 12.5 Å². The zero-order valence-electron chi connectivity index (χ0n) is 17.4. The highest BCUT2D eigenvalue weighted by Crippen LogP contribution is 2.45. The third-order valence-electron chi connectivity index (χ3n) is 4.17. The van der Waals surface area contributed by atoms with E-state index in [0.717, 1.165) is 0 Å². The largest absolute Gasteiger partial charge is 0.490 e. The number of hydrazone groups is 1. The lowest BCUT2D eigenvalue weighted by molar-refractivity contribution is -0.123. The molecule has 3 rings (SSSR count). The average Bonchev–Trinajstić information content (AvgIpc) is 3.30. The molecule has 1 heterocycles. The van der Waals surface area contributed by atoms with Crippen molar-refractivity contribution in [2.45, 2.75) is 18.4 Å². The monoisotopic (exact) mass is 480 g/mol. The van der Waals surface area contributed by atoms with Crippen molar-refractivity contribution in [3.05, 3.63) is 52.5 Å². The molecule has 31 heavy (non-hydrogen) atoms. The van der Waals surface area contributed by atoms with Gasteiger partial charge in [-0.15, -0.1) is 23.5 Å². The van der Waals surface area contributed by atoms with E-state index >= 15 is 0 Å². The molecule has 9 heteroatoms. The summed E-state index contributed by atoms with van der Waals surface area (Å²) in [5.74, 6) is 3.69. The van der Waals surface area contributed by atoms with Gasteiger partial charge >= 0.3 is 0 Å². The Labute approximate surface area is 196 Å². The fourth-order valence-corrected chi connectivity index (χ4v) is 5.97. The van der Waals surface area contributed by atoms with E-state index in [1.54, 1.807) is 12.1 Å². The van der Waals surface area contributed by atoms with Crippen molar-refractivity contribution < 1.29 is 19.0 Å². The molecule has 0 saturated carbocycles. The number of thioether (sulfide) groups is 2. The Morgan fingerprint density at radius 1 is 1.13 bits per heavy atom. The molecule has 1 saturated heterocycles. The van der Waals surface area contributed by atoms with Gasteiger partial charge in [0.05, 0.1) is 29.0 Å². The van der Waals surface area contributed by atoms with Crippen LogP contribution in [0.3, 0.4) is 0 Å². The molecule has 0 bridgehead atoms. The lowest BCUT2D eigenvalue weighted by Gasteiger charge is -2.13. The molecule has 0 unspecified atom stereocenters. The molecule has 6 nitrogen and oxygen atoms in total. The summed E-state index contributed by atoms with van der Waals surface area (Å²) in [5.41, 5.74) is 4.40. The number of hydrogen-bond acceptors (Lipinski definition) is 7. The van der Waals surface area contributed by atoms with Crippen molar-refractivity contribution in [3.63, 3.8) is 0 Å². The number of nitrogens with one attached hydrogen (secondary N) is 1. The van der Waals surface area contributed by atoms with E-state index in [4.69, 9.17) is 25.8 Å². The Kier molecular flexibility index (Phi) is 9.24. The fraction of sp³-hybridized carbons (Fsp3) is 0.364. The van der Waals surface area contributed by atoms with Gasteiger partial charge in [-0.25, -0.2) is 5.43 Å². The summed E-state index contributed by atoms with van der Waals surface area (Å²) in [7, 11) is 0. The van der Waals surface area contributed by atoms with Crippen LogP contribution in [0.5, 0.6) is 17.2 Å². The van der Waals surface area contributed by atoms with Crippen LogP contribution in [0.2, 0.25) is 5.02 Å². The number of halogens is 1. The molecule has 1 fully saturated rings. The molecule has 1 amide bonds. The van der Waals surface area contributed by atoms with Gasteiger partial charge in [-0.05, 0) is 49.2 Å². The number of carbonyl (C=O) groups excluding carboxylic acids is 1. The molecular weight excluding hydrogens is 456 g/mol. The molecule has 0 atom stereocenters. The summed E-state index contributed by atoms with van der Waals surface area (Å²) >= 11 is 10.2. The fourth-order valence-electron chi connectivity index (χ4n) is 2.84. The topological polar surface area (TPSA) is 69.2 Å². The number of ether oxygens (including phenoxy) is 3. The van der Waals surface area contributed by atoms with Gasteiger partial charge in [0.1, 0.15) is 5.75 Å². The average molecular weight is 481 g/mol. The Morgan fingerprint density at radius 3 is 2.52 bits per heavy atom. The lowest BCUT2D eigenvalue weighted by Crippen LogP contribution is -2.24. The van der Waals surface area contributed by atoms with Gasteiger partial charge in [-0.3, -0.25) is 4.79 Å². The van der Waals surface area contributed by atoms with Crippen LogP contribution < -0.4 is 19.6 Å².